The average molecular weight is 445 g/mol. The Hall–Kier alpha value is -3.05. The van der Waals surface area contributed by atoms with Crippen molar-refractivity contribution < 1.29 is 9.53 Å². The minimum absolute atomic E-state index is 0.0427. The van der Waals surface area contributed by atoms with Gasteiger partial charge in [-0.3, -0.25) is 9.36 Å². The van der Waals surface area contributed by atoms with E-state index in [-0.39, 0.29) is 12.5 Å². The van der Waals surface area contributed by atoms with Crippen LogP contribution >= 0.6 is 11.8 Å². The van der Waals surface area contributed by atoms with Gasteiger partial charge in [0.2, 0.25) is 0 Å². The molecule has 0 saturated heterocycles. The molecule has 0 radical (unpaired) electrons. The van der Waals surface area contributed by atoms with E-state index in [1.807, 2.05) is 36.4 Å². The zero-order chi connectivity index (χ0) is 22.7. The molecule has 1 aromatic heterocycles. The predicted octanol–water partition coefficient (Wildman–Crippen LogP) is 6.79. The van der Waals surface area contributed by atoms with Gasteiger partial charge in [-0.2, -0.15) is 0 Å². The molecule has 5 heteroatoms. The van der Waals surface area contributed by atoms with Crippen molar-refractivity contribution >= 4 is 28.7 Å². The largest absolute Gasteiger partial charge is 0.484 e. The molecule has 0 atom stereocenters. The van der Waals surface area contributed by atoms with E-state index < -0.39 is 0 Å². The Labute approximate surface area is 193 Å². The second-order valence-electron chi connectivity index (χ2n) is 8.35. The number of benzene rings is 3. The molecule has 1 heterocycles. The van der Waals surface area contributed by atoms with Gasteiger partial charge in [-0.25, -0.2) is 4.98 Å². The normalized spacial score (nSPS) is 11.3. The number of imidazole rings is 1. The Bertz CT molecular complexity index is 1240. The molecule has 0 spiro atoms. The lowest BCUT2D eigenvalue weighted by atomic mass is 9.98. The number of fused-ring (bicyclic) bond motifs is 1. The Morgan fingerprint density at radius 3 is 2.50 bits per heavy atom. The number of aromatic nitrogens is 2. The van der Waals surface area contributed by atoms with Gasteiger partial charge in [-0.05, 0) is 60.7 Å². The first-order chi connectivity index (χ1) is 15.4. The molecule has 4 nitrogen and oxygen atoms in total. The van der Waals surface area contributed by atoms with Crippen LogP contribution in [0.5, 0.6) is 5.75 Å². The summed E-state index contributed by atoms with van der Waals surface area (Å²) in [5, 5.41) is 0.687. The van der Waals surface area contributed by atoms with E-state index in [9.17, 15) is 4.79 Å². The maximum absolute atomic E-state index is 13.2. The molecule has 0 bridgehead atoms. The molecule has 164 valence electrons. The Morgan fingerprint density at radius 1 is 1.03 bits per heavy atom. The third-order valence-electron chi connectivity index (χ3n) is 5.49. The SMILES string of the molecule is Cc1ccc(CSc2nc3ccccc3n2C(=O)COc2ccc(C(C)C)c(C)c2)cc1. The summed E-state index contributed by atoms with van der Waals surface area (Å²) in [5.41, 5.74) is 6.51. The fraction of sp³-hybridized carbons (Fsp3) is 0.259. The zero-order valence-corrected chi connectivity index (χ0v) is 19.8. The lowest BCUT2D eigenvalue weighted by Gasteiger charge is -2.13. The van der Waals surface area contributed by atoms with Gasteiger partial charge in [0.15, 0.2) is 11.8 Å². The minimum atomic E-state index is -0.129. The average Bonchev–Trinajstić information content (AvgIpc) is 3.15. The second-order valence-corrected chi connectivity index (χ2v) is 9.29. The molecule has 0 N–H and O–H groups in total. The third kappa shape index (κ3) is 4.89. The Kier molecular flexibility index (Phi) is 6.66. The molecule has 3 aromatic carbocycles. The maximum Gasteiger partial charge on any atom is 0.271 e. The van der Waals surface area contributed by atoms with Gasteiger partial charge in [0.05, 0.1) is 11.0 Å². The van der Waals surface area contributed by atoms with Crippen molar-refractivity contribution in [3.8, 4) is 5.75 Å². The van der Waals surface area contributed by atoms with E-state index in [1.165, 1.54) is 22.3 Å². The summed E-state index contributed by atoms with van der Waals surface area (Å²) >= 11 is 1.56. The molecule has 0 unspecified atom stereocenters. The van der Waals surface area contributed by atoms with Crippen LogP contribution in [0.25, 0.3) is 11.0 Å². The summed E-state index contributed by atoms with van der Waals surface area (Å²) in [5.74, 6) is 1.78. The van der Waals surface area contributed by atoms with Crippen molar-refractivity contribution in [3.63, 3.8) is 0 Å². The van der Waals surface area contributed by atoms with Crippen LogP contribution in [0.2, 0.25) is 0 Å². The molecule has 0 fully saturated rings. The topological polar surface area (TPSA) is 44.1 Å². The highest BCUT2D eigenvalue weighted by molar-refractivity contribution is 7.98. The number of para-hydroxylation sites is 2. The molecule has 0 amide bonds. The quantitative estimate of drug-likeness (QED) is 0.294. The highest BCUT2D eigenvalue weighted by Crippen LogP contribution is 2.28. The fourth-order valence-corrected chi connectivity index (χ4v) is 4.75. The van der Waals surface area contributed by atoms with Crippen molar-refractivity contribution in [1.82, 2.24) is 9.55 Å². The molecule has 4 rings (SSSR count). The number of hydrogen-bond acceptors (Lipinski definition) is 4. The molecule has 0 aliphatic carbocycles. The van der Waals surface area contributed by atoms with E-state index in [0.717, 1.165) is 16.8 Å². The van der Waals surface area contributed by atoms with Crippen LogP contribution in [0.4, 0.5) is 0 Å². The number of carbonyl (C=O) groups is 1. The summed E-state index contributed by atoms with van der Waals surface area (Å²) in [6, 6.07) is 22.2. The summed E-state index contributed by atoms with van der Waals surface area (Å²) in [7, 11) is 0. The van der Waals surface area contributed by atoms with Crippen LogP contribution in [0.1, 0.15) is 46.8 Å². The monoisotopic (exact) mass is 444 g/mol. The standard InChI is InChI=1S/C27H28N2O2S/c1-18(2)23-14-13-22(15-20(23)4)31-16-26(30)29-25-8-6-5-7-24(25)28-27(29)32-17-21-11-9-19(3)10-12-21/h5-15,18H,16-17H2,1-4H3. The van der Waals surface area contributed by atoms with Gasteiger partial charge in [0.1, 0.15) is 5.75 Å². The molecule has 0 aliphatic rings. The summed E-state index contributed by atoms with van der Waals surface area (Å²) < 4.78 is 7.56. The number of ether oxygens (including phenoxy) is 1. The molecule has 4 aromatic rings. The maximum atomic E-state index is 13.2. The number of hydrogen-bond donors (Lipinski definition) is 0. The van der Waals surface area contributed by atoms with E-state index in [1.54, 1.807) is 16.3 Å². The summed E-state index contributed by atoms with van der Waals surface area (Å²) in [4.78, 5) is 17.9. The number of aryl methyl sites for hydroxylation is 2. The summed E-state index contributed by atoms with van der Waals surface area (Å²) in [6.07, 6.45) is 0. The van der Waals surface area contributed by atoms with E-state index in [2.05, 4.69) is 58.0 Å². The molecule has 32 heavy (non-hydrogen) atoms. The summed E-state index contributed by atoms with van der Waals surface area (Å²) in [6.45, 7) is 8.46. The lowest BCUT2D eigenvalue weighted by Crippen LogP contribution is -2.20. The van der Waals surface area contributed by atoms with E-state index in [0.29, 0.717) is 16.8 Å². The molecular weight excluding hydrogens is 416 g/mol. The van der Waals surface area contributed by atoms with Crippen LogP contribution in [0.15, 0.2) is 71.9 Å². The lowest BCUT2D eigenvalue weighted by molar-refractivity contribution is 0.0832. The number of nitrogens with zero attached hydrogens (tertiary/aromatic N) is 2. The van der Waals surface area contributed by atoms with Gasteiger partial charge < -0.3 is 4.74 Å². The van der Waals surface area contributed by atoms with Crippen LogP contribution in [0.3, 0.4) is 0 Å². The second kappa shape index (κ2) is 9.61. The van der Waals surface area contributed by atoms with Gasteiger partial charge in [-0.15, -0.1) is 0 Å². The first-order valence-electron chi connectivity index (χ1n) is 10.8. The van der Waals surface area contributed by atoms with Crippen molar-refractivity contribution in [2.24, 2.45) is 0 Å². The van der Waals surface area contributed by atoms with Gasteiger partial charge in [-0.1, -0.05) is 73.6 Å². The Morgan fingerprint density at radius 2 is 1.78 bits per heavy atom. The van der Waals surface area contributed by atoms with Crippen LogP contribution in [0, 0.1) is 13.8 Å². The molecular formula is C27H28N2O2S. The van der Waals surface area contributed by atoms with Crippen LogP contribution in [-0.4, -0.2) is 22.1 Å². The first kappa shape index (κ1) is 22.2. The smallest absolute Gasteiger partial charge is 0.271 e. The number of thioether (sulfide) groups is 1. The molecule has 0 aliphatic heterocycles. The number of carbonyl (C=O) groups excluding carboxylic acids is 1. The van der Waals surface area contributed by atoms with Gasteiger partial charge in [0.25, 0.3) is 5.91 Å². The van der Waals surface area contributed by atoms with Crippen molar-refractivity contribution in [1.29, 1.82) is 0 Å². The molecule has 0 saturated carbocycles. The zero-order valence-electron chi connectivity index (χ0n) is 19.0. The van der Waals surface area contributed by atoms with Gasteiger partial charge >= 0.3 is 0 Å². The van der Waals surface area contributed by atoms with Crippen LogP contribution < -0.4 is 4.74 Å². The highest BCUT2D eigenvalue weighted by atomic mass is 32.2. The predicted molar refractivity (Wildman–Crippen MR) is 132 cm³/mol. The van der Waals surface area contributed by atoms with Gasteiger partial charge in [0, 0.05) is 5.75 Å². The van der Waals surface area contributed by atoms with Crippen molar-refractivity contribution in [2.45, 2.75) is 44.5 Å². The van der Waals surface area contributed by atoms with Crippen LogP contribution in [-0.2, 0) is 5.75 Å². The van der Waals surface area contributed by atoms with Crippen molar-refractivity contribution in [3.05, 3.63) is 89.0 Å². The highest BCUT2D eigenvalue weighted by Gasteiger charge is 2.18. The number of rotatable bonds is 7. The Balaban J connectivity index is 1.54. The van der Waals surface area contributed by atoms with E-state index >= 15 is 0 Å². The fourth-order valence-electron chi connectivity index (χ4n) is 3.77. The third-order valence-corrected chi connectivity index (χ3v) is 6.50. The minimum Gasteiger partial charge on any atom is -0.484 e. The van der Waals surface area contributed by atoms with Crippen molar-refractivity contribution in [2.75, 3.05) is 6.61 Å². The van der Waals surface area contributed by atoms with E-state index in [4.69, 9.17) is 9.72 Å². The first-order valence-corrected chi connectivity index (χ1v) is 11.8.